The van der Waals surface area contributed by atoms with E-state index in [4.69, 9.17) is 9.47 Å². The number of ether oxygens (including phenoxy) is 2. The minimum absolute atomic E-state index is 0.00537. The van der Waals surface area contributed by atoms with Gasteiger partial charge in [0.2, 0.25) is 0 Å². The second-order valence-electron chi connectivity index (χ2n) is 9.49. The van der Waals surface area contributed by atoms with Crippen molar-refractivity contribution >= 4 is 29.1 Å². The van der Waals surface area contributed by atoms with E-state index in [1.54, 1.807) is 41.8 Å². The zero-order valence-corrected chi connectivity index (χ0v) is 21.6. The lowest BCUT2D eigenvalue weighted by atomic mass is 9.95. The molecule has 10 nitrogen and oxygen atoms in total. The Morgan fingerprint density at radius 2 is 1.82 bits per heavy atom. The standard InChI is InChI=1S/C28H30N4O6/c1-17-5-4-10-31-22(18(2)29-26(17)31)24(33)21-23(19-6-8-20(9-7-19)28(36)37-3)32(27(35)25(21)34)12-11-30-13-15-38-16-14-30/h4-10,23,33H,11-16H2,1-3H3/t23-/m0/s1. The van der Waals surface area contributed by atoms with Crippen molar-refractivity contribution in [3.63, 3.8) is 0 Å². The number of nitrogens with zero attached hydrogens (tertiary/aromatic N) is 4. The Kier molecular flexibility index (Phi) is 7.00. The summed E-state index contributed by atoms with van der Waals surface area (Å²) in [5.41, 5.74) is 3.41. The Morgan fingerprint density at radius 3 is 2.50 bits per heavy atom. The Hall–Kier alpha value is -4.02. The van der Waals surface area contributed by atoms with Crippen LogP contribution in [0.1, 0.15) is 38.9 Å². The van der Waals surface area contributed by atoms with E-state index in [-0.39, 0.29) is 17.9 Å². The van der Waals surface area contributed by atoms with Crippen LogP contribution in [-0.2, 0) is 19.1 Å². The normalized spacial score (nSPS) is 19.9. The van der Waals surface area contributed by atoms with Crippen molar-refractivity contribution in [2.75, 3.05) is 46.5 Å². The molecule has 4 heterocycles. The summed E-state index contributed by atoms with van der Waals surface area (Å²) in [5.74, 6) is -2.21. The molecule has 2 aliphatic rings. The average molecular weight is 519 g/mol. The number of hydrogen-bond acceptors (Lipinski definition) is 8. The van der Waals surface area contributed by atoms with Crippen molar-refractivity contribution in [1.82, 2.24) is 19.2 Å². The maximum atomic E-state index is 13.5. The number of imidazole rings is 1. The summed E-state index contributed by atoms with van der Waals surface area (Å²) in [6, 6.07) is 9.46. The molecular formula is C28H30N4O6. The lowest BCUT2D eigenvalue weighted by Gasteiger charge is -2.31. The topological polar surface area (TPSA) is 114 Å². The van der Waals surface area contributed by atoms with E-state index >= 15 is 0 Å². The van der Waals surface area contributed by atoms with Gasteiger partial charge in [-0.2, -0.15) is 0 Å². The Balaban J connectivity index is 1.62. The number of methoxy groups -OCH3 is 1. The molecule has 0 spiro atoms. The van der Waals surface area contributed by atoms with Crippen LogP contribution in [0.5, 0.6) is 0 Å². The van der Waals surface area contributed by atoms with Crippen molar-refractivity contribution in [3.8, 4) is 0 Å². The third kappa shape index (κ3) is 4.46. The number of esters is 1. The smallest absolute Gasteiger partial charge is 0.337 e. The number of Topliss-reactive ketones (excluding diaryl/α,β-unsaturated/α-hetero) is 1. The number of amides is 1. The number of benzene rings is 1. The number of ketones is 1. The number of likely N-dealkylation sites (tertiary alicyclic amines) is 1. The average Bonchev–Trinajstić information content (AvgIpc) is 3.41. The molecule has 38 heavy (non-hydrogen) atoms. The van der Waals surface area contributed by atoms with E-state index in [1.165, 1.54) is 12.0 Å². The molecule has 1 aromatic carbocycles. The number of aromatic nitrogens is 2. The van der Waals surface area contributed by atoms with Gasteiger partial charge in [-0.15, -0.1) is 0 Å². The van der Waals surface area contributed by atoms with Gasteiger partial charge in [-0.05, 0) is 43.2 Å². The van der Waals surface area contributed by atoms with Crippen molar-refractivity contribution < 1.29 is 29.0 Å². The molecule has 198 valence electrons. The number of morpholine rings is 1. The summed E-state index contributed by atoms with van der Waals surface area (Å²) < 4.78 is 12.0. The van der Waals surface area contributed by atoms with E-state index in [9.17, 15) is 19.5 Å². The number of fused-ring (bicyclic) bond motifs is 1. The first kappa shape index (κ1) is 25.6. The number of carbonyl (C=O) groups excluding carboxylic acids is 3. The fourth-order valence-corrected chi connectivity index (χ4v) is 5.18. The Labute approximate surface area is 220 Å². The first-order valence-corrected chi connectivity index (χ1v) is 12.5. The first-order valence-electron chi connectivity index (χ1n) is 12.5. The van der Waals surface area contributed by atoms with Gasteiger partial charge in [0.25, 0.3) is 11.7 Å². The summed E-state index contributed by atoms with van der Waals surface area (Å²) in [5, 5.41) is 11.6. The van der Waals surface area contributed by atoms with E-state index in [0.29, 0.717) is 47.9 Å². The van der Waals surface area contributed by atoms with Gasteiger partial charge < -0.3 is 19.5 Å². The summed E-state index contributed by atoms with van der Waals surface area (Å²) in [6.45, 7) is 7.23. The van der Waals surface area contributed by atoms with Crippen LogP contribution in [0, 0.1) is 13.8 Å². The number of rotatable bonds is 6. The van der Waals surface area contributed by atoms with Crippen LogP contribution in [0.25, 0.3) is 11.4 Å². The molecule has 0 bridgehead atoms. The third-order valence-corrected chi connectivity index (χ3v) is 7.19. The summed E-state index contributed by atoms with van der Waals surface area (Å²) in [6.07, 6.45) is 1.77. The van der Waals surface area contributed by atoms with Gasteiger partial charge in [-0.3, -0.25) is 18.9 Å². The highest BCUT2D eigenvalue weighted by atomic mass is 16.5. The van der Waals surface area contributed by atoms with Crippen LogP contribution in [0.15, 0.2) is 48.2 Å². The van der Waals surface area contributed by atoms with Gasteiger partial charge in [0.05, 0.1) is 43.2 Å². The predicted octanol–water partition coefficient (Wildman–Crippen LogP) is 2.49. The van der Waals surface area contributed by atoms with Crippen LogP contribution >= 0.6 is 0 Å². The number of carbonyl (C=O) groups is 3. The second kappa shape index (κ2) is 10.4. The van der Waals surface area contributed by atoms with Crippen molar-refractivity contribution in [1.29, 1.82) is 0 Å². The number of aryl methyl sites for hydroxylation is 2. The molecule has 0 saturated carbocycles. The number of aliphatic hydroxyl groups is 1. The molecule has 2 aliphatic heterocycles. The van der Waals surface area contributed by atoms with Crippen molar-refractivity contribution in [3.05, 3.63) is 76.2 Å². The molecule has 0 radical (unpaired) electrons. The summed E-state index contributed by atoms with van der Waals surface area (Å²) in [7, 11) is 1.30. The molecule has 1 atom stereocenters. The molecule has 2 fully saturated rings. The van der Waals surface area contributed by atoms with E-state index < -0.39 is 23.7 Å². The Morgan fingerprint density at radius 1 is 1.11 bits per heavy atom. The molecule has 0 unspecified atom stereocenters. The quantitative estimate of drug-likeness (QED) is 0.229. The molecule has 1 N–H and O–H groups in total. The largest absolute Gasteiger partial charge is 0.505 e. The minimum atomic E-state index is -0.836. The van der Waals surface area contributed by atoms with Gasteiger partial charge in [0, 0.05) is 32.4 Å². The lowest BCUT2D eigenvalue weighted by Crippen LogP contribution is -2.42. The Bertz CT molecular complexity index is 1440. The number of hydrogen-bond donors (Lipinski definition) is 1. The second-order valence-corrected chi connectivity index (χ2v) is 9.49. The fraction of sp³-hybridized carbons (Fsp3) is 0.357. The number of pyridine rings is 1. The highest BCUT2D eigenvalue weighted by Gasteiger charge is 2.46. The van der Waals surface area contributed by atoms with Crippen LogP contribution in [0.2, 0.25) is 0 Å². The minimum Gasteiger partial charge on any atom is -0.505 e. The monoisotopic (exact) mass is 518 g/mol. The summed E-state index contributed by atoms with van der Waals surface area (Å²) in [4.78, 5) is 47.1. The number of aliphatic hydroxyl groups excluding tert-OH is 1. The highest BCUT2D eigenvalue weighted by molar-refractivity contribution is 6.46. The maximum Gasteiger partial charge on any atom is 0.337 e. The molecule has 2 saturated heterocycles. The molecule has 3 aromatic rings. The lowest BCUT2D eigenvalue weighted by molar-refractivity contribution is -0.140. The van der Waals surface area contributed by atoms with Crippen LogP contribution in [0.3, 0.4) is 0 Å². The van der Waals surface area contributed by atoms with E-state index in [1.807, 2.05) is 19.1 Å². The first-order chi connectivity index (χ1) is 18.3. The fourth-order valence-electron chi connectivity index (χ4n) is 5.18. The zero-order valence-electron chi connectivity index (χ0n) is 21.6. The van der Waals surface area contributed by atoms with Crippen LogP contribution in [-0.4, -0.2) is 88.5 Å². The van der Waals surface area contributed by atoms with Crippen molar-refractivity contribution in [2.24, 2.45) is 0 Å². The van der Waals surface area contributed by atoms with Crippen LogP contribution in [0.4, 0.5) is 0 Å². The SMILES string of the molecule is COC(=O)c1ccc([C@H]2C(=C(O)c3c(C)nc4c(C)cccn34)C(=O)C(=O)N2CCN2CCOCC2)cc1. The molecule has 0 aliphatic carbocycles. The maximum absolute atomic E-state index is 13.5. The predicted molar refractivity (Wildman–Crippen MR) is 139 cm³/mol. The van der Waals surface area contributed by atoms with Crippen LogP contribution < -0.4 is 0 Å². The molecule has 5 rings (SSSR count). The van der Waals surface area contributed by atoms with Gasteiger partial charge in [-0.25, -0.2) is 9.78 Å². The molecule has 1 amide bonds. The highest BCUT2D eigenvalue weighted by Crippen LogP contribution is 2.40. The van der Waals surface area contributed by atoms with Gasteiger partial charge in [-0.1, -0.05) is 18.2 Å². The molecular weight excluding hydrogens is 488 g/mol. The van der Waals surface area contributed by atoms with E-state index in [2.05, 4.69) is 9.88 Å². The summed E-state index contributed by atoms with van der Waals surface area (Å²) >= 11 is 0. The zero-order chi connectivity index (χ0) is 27.0. The van der Waals surface area contributed by atoms with E-state index in [0.717, 1.165) is 18.7 Å². The van der Waals surface area contributed by atoms with Crippen molar-refractivity contribution in [2.45, 2.75) is 19.9 Å². The third-order valence-electron chi connectivity index (χ3n) is 7.19. The van der Waals surface area contributed by atoms with Gasteiger partial charge >= 0.3 is 5.97 Å². The van der Waals surface area contributed by atoms with Gasteiger partial charge in [0.15, 0.2) is 5.76 Å². The molecule has 10 heteroatoms. The molecule has 2 aromatic heterocycles. The van der Waals surface area contributed by atoms with Gasteiger partial charge in [0.1, 0.15) is 11.3 Å².